The zero-order valence-corrected chi connectivity index (χ0v) is 27.0. The predicted molar refractivity (Wildman–Crippen MR) is 170 cm³/mol. The van der Waals surface area contributed by atoms with E-state index in [2.05, 4.69) is 37.1 Å². The first-order valence-electron chi connectivity index (χ1n) is 14.1. The van der Waals surface area contributed by atoms with Gasteiger partial charge in [-0.25, -0.2) is 14.0 Å². The average molecular weight is 717 g/mol. The predicted octanol–water partition coefficient (Wildman–Crippen LogP) is 4.60. The number of halogens is 2. The lowest BCUT2D eigenvalue weighted by Gasteiger charge is -2.28. The van der Waals surface area contributed by atoms with Gasteiger partial charge in [0.1, 0.15) is 19.0 Å². The van der Waals surface area contributed by atoms with E-state index in [1.807, 2.05) is 0 Å². The van der Waals surface area contributed by atoms with Gasteiger partial charge in [0.05, 0.1) is 40.9 Å². The Balaban J connectivity index is 1.41. The van der Waals surface area contributed by atoms with Crippen LogP contribution >= 0.6 is 15.9 Å². The van der Waals surface area contributed by atoms with Crippen molar-refractivity contribution in [2.45, 2.75) is 32.7 Å². The number of carbonyl (C=O) groups is 2. The lowest BCUT2D eigenvalue weighted by molar-refractivity contribution is -0.386. The van der Waals surface area contributed by atoms with E-state index in [9.17, 15) is 29.2 Å². The number of esters is 1. The minimum absolute atomic E-state index is 0.01000. The largest absolute Gasteiger partial charge is 0.490 e. The van der Waals surface area contributed by atoms with Gasteiger partial charge in [0.25, 0.3) is 0 Å². The van der Waals surface area contributed by atoms with Crippen LogP contribution in [0.3, 0.4) is 0 Å². The number of aliphatic hydroxyl groups excluding tert-OH is 1. The van der Waals surface area contributed by atoms with Gasteiger partial charge in [-0.3, -0.25) is 15.5 Å². The van der Waals surface area contributed by atoms with E-state index in [4.69, 9.17) is 18.9 Å². The number of carbonyl (C=O) groups excluding carboxylic acids is 2. The SMILES string of the molecule is CCOc1cc([C@H]2NC(=O)NC(C)=C2C(=O)OC)ccc1OC[C@H](O)N/N=C/c1cc(Br)c(OCc2ccc(F)cc2)c([N+](=O)[O-])c1. The fraction of sp³-hybridized carbons (Fsp3) is 0.258. The number of benzene rings is 3. The van der Waals surface area contributed by atoms with E-state index in [1.54, 1.807) is 38.1 Å². The zero-order valence-electron chi connectivity index (χ0n) is 25.4. The molecular weight excluding hydrogens is 685 g/mol. The molecule has 1 heterocycles. The molecule has 0 bridgehead atoms. The summed E-state index contributed by atoms with van der Waals surface area (Å²) in [4.78, 5) is 35.7. The summed E-state index contributed by atoms with van der Waals surface area (Å²) in [6.45, 7) is 3.35. The number of nitro groups is 1. The van der Waals surface area contributed by atoms with Gasteiger partial charge in [-0.15, -0.1) is 0 Å². The second-order valence-electron chi connectivity index (χ2n) is 9.94. The molecular formula is C31H31BrFN5O9. The van der Waals surface area contributed by atoms with Gasteiger partial charge in [-0.05, 0) is 71.2 Å². The van der Waals surface area contributed by atoms with Crippen LogP contribution in [0, 0.1) is 15.9 Å². The lowest BCUT2D eigenvalue weighted by Crippen LogP contribution is -2.45. The Morgan fingerprint density at radius 3 is 2.60 bits per heavy atom. The van der Waals surface area contributed by atoms with Crippen molar-refractivity contribution in [3.63, 3.8) is 0 Å². The minimum Gasteiger partial charge on any atom is -0.490 e. The Hall–Kier alpha value is -5.22. The number of hydrazone groups is 1. The molecule has 1 aliphatic rings. The summed E-state index contributed by atoms with van der Waals surface area (Å²) >= 11 is 3.29. The maximum absolute atomic E-state index is 13.2. The quantitative estimate of drug-likeness (QED) is 0.0605. The minimum atomic E-state index is -1.29. The van der Waals surface area contributed by atoms with E-state index in [-0.39, 0.29) is 42.6 Å². The van der Waals surface area contributed by atoms with Crippen molar-refractivity contribution in [2.24, 2.45) is 5.10 Å². The smallest absolute Gasteiger partial charge is 0.337 e. The Kier molecular flexibility index (Phi) is 11.7. The normalized spacial score (nSPS) is 15.0. The van der Waals surface area contributed by atoms with E-state index in [0.29, 0.717) is 32.6 Å². The molecule has 0 unspecified atom stereocenters. The summed E-state index contributed by atoms with van der Waals surface area (Å²) in [6, 6.07) is 11.9. The van der Waals surface area contributed by atoms with E-state index < -0.39 is 35.0 Å². The molecule has 0 fully saturated rings. The van der Waals surface area contributed by atoms with Crippen molar-refractivity contribution in [2.75, 3.05) is 20.3 Å². The molecule has 14 nitrogen and oxygen atoms in total. The molecule has 0 saturated carbocycles. The van der Waals surface area contributed by atoms with Crippen LogP contribution < -0.4 is 30.3 Å². The van der Waals surface area contributed by atoms with Gasteiger partial charge in [0.2, 0.25) is 5.75 Å². The number of amides is 2. The number of ether oxygens (including phenoxy) is 4. The number of hydrogen-bond acceptors (Lipinski definition) is 11. The van der Waals surface area contributed by atoms with Crippen LogP contribution in [0.15, 0.2) is 75.4 Å². The van der Waals surface area contributed by atoms with Crippen LogP contribution in [-0.4, -0.2) is 54.8 Å². The lowest BCUT2D eigenvalue weighted by atomic mass is 9.95. The summed E-state index contributed by atoms with van der Waals surface area (Å²) in [5.74, 6) is -0.454. The third-order valence-corrected chi connectivity index (χ3v) is 7.24. The first-order chi connectivity index (χ1) is 22.5. The fourth-order valence-corrected chi connectivity index (χ4v) is 5.09. The number of urea groups is 1. The molecule has 0 aromatic heterocycles. The second kappa shape index (κ2) is 15.9. The van der Waals surface area contributed by atoms with Crippen molar-refractivity contribution in [3.8, 4) is 17.2 Å². The molecule has 4 rings (SSSR count). The first kappa shape index (κ1) is 34.6. The Bertz CT molecular complexity index is 1700. The number of allylic oxidation sites excluding steroid dienone is 1. The van der Waals surface area contributed by atoms with Crippen LogP contribution in [-0.2, 0) is 16.1 Å². The molecule has 4 N–H and O–H groups in total. The number of hydrogen-bond donors (Lipinski definition) is 4. The number of nitrogens with zero attached hydrogens (tertiary/aromatic N) is 2. The van der Waals surface area contributed by atoms with Crippen LogP contribution in [0.4, 0.5) is 14.9 Å². The number of methoxy groups -OCH3 is 1. The third kappa shape index (κ3) is 8.95. The van der Waals surface area contributed by atoms with Crippen LogP contribution in [0.2, 0.25) is 0 Å². The van der Waals surface area contributed by atoms with Crippen molar-refractivity contribution < 1.29 is 43.0 Å². The van der Waals surface area contributed by atoms with E-state index >= 15 is 0 Å². The molecule has 248 valence electrons. The van der Waals surface area contributed by atoms with Crippen LogP contribution in [0.5, 0.6) is 17.2 Å². The molecule has 3 aromatic rings. The summed E-state index contributed by atoms with van der Waals surface area (Å²) < 4.78 is 35.4. The summed E-state index contributed by atoms with van der Waals surface area (Å²) in [6.07, 6.45) is -0.0234. The number of aliphatic hydroxyl groups is 1. The molecule has 2 amide bonds. The summed E-state index contributed by atoms with van der Waals surface area (Å²) in [5, 5.41) is 31.4. The highest BCUT2D eigenvalue weighted by atomic mass is 79.9. The summed E-state index contributed by atoms with van der Waals surface area (Å²) in [7, 11) is 1.25. The zero-order chi connectivity index (χ0) is 34.1. The molecule has 0 aliphatic carbocycles. The standard InChI is InChI=1S/C31H31BrFN5O9/c1-4-45-25-13-20(28-27(30(40)44-3)17(2)35-31(41)36-28)7-10-24(25)46-16-26(39)37-34-14-19-11-22(32)29(23(12-19)38(42)43)47-15-18-5-8-21(33)9-6-18/h5-14,26,28,37,39H,4,15-16H2,1-3H3,(H2,35,36,41)/b34-14+/t26-,28+/m0/s1. The van der Waals surface area contributed by atoms with E-state index in [0.717, 1.165) is 0 Å². The highest BCUT2D eigenvalue weighted by Crippen LogP contribution is 2.37. The Morgan fingerprint density at radius 2 is 1.91 bits per heavy atom. The topological polar surface area (TPSA) is 183 Å². The molecule has 16 heteroatoms. The molecule has 3 aromatic carbocycles. The van der Waals surface area contributed by atoms with Gasteiger partial charge >= 0.3 is 17.7 Å². The highest BCUT2D eigenvalue weighted by molar-refractivity contribution is 9.10. The monoisotopic (exact) mass is 715 g/mol. The summed E-state index contributed by atoms with van der Waals surface area (Å²) in [5.41, 5.74) is 4.22. The van der Waals surface area contributed by atoms with E-state index in [1.165, 1.54) is 43.7 Å². The second-order valence-corrected chi connectivity index (χ2v) is 10.8. The van der Waals surface area contributed by atoms with Gasteiger partial charge in [-0.1, -0.05) is 18.2 Å². The molecule has 2 atom stereocenters. The third-order valence-electron chi connectivity index (χ3n) is 6.65. The number of nitro benzene ring substituents is 1. The molecule has 0 spiro atoms. The molecule has 0 saturated heterocycles. The Morgan fingerprint density at radius 1 is 1.17 bits per heavy atom. The van der Waals surface area contributed by atoms with Crippen LogP contribution in [0.1, 0.15) is 36.6 Å². The maximum Gasteiger partial charge on any atom is 0.337 e. The first-order valence-corrected chi connectivity index (χ1v) is 14.9. The maximum atomic E-state index is 13.2. The van der Waals surface area contributed by atoms with Gasteiger partial charge < -0.3 is 34.7 Å². The molecule has 1 aliphatic heterocycles. The van der Waals surface area contributed by atoms with Crippen molar-refractivity contribution in [3.05, 3.63) is 103 Å². The number of rotatable bonds is 14. The highest BCUT2D eigenvalue weighted by Gasteiger charge is 2.32. The fourth-order valence-electron chi connectivity index (χ4n) is 4.51. The van der Waals surface area contributed by atoms with Crippen molar-refractivity contribution >= 4 is 39.8 Å². The van der Waals surface area contributed by atoms with Crippen molar-refractivity contribution in [1.82, 2.24) is 16.1 Å². The van der Waals surface area contributed by atoms with Gasteiger partial charge in [-0.2, -0.15) is 5.10 Å². The average Bonchev–Trinajstić information content (AvgIpc) is 3.03. The molecule has 47 heavy (non-hydrogen) atoms. The van der Waals surface area contributed by atoms with Crippen molar-refractivity contribution in [1.29, 1.82) is 0 Å². The molecule has 0 radical (unpaired) electrons. The Labute approximate surface area is 276 Å². The van der Waals surface area contributed by atoms with Gasteiger partial charge in [0, 0.05) is 17.3 Å². The number of nitrogens with one attached hydrogen (secondary N) is 3. The van der Waals surface area contributed by atoms with Crippen LogP contribution in [0.25, 0.3) is 0 Å². The van der Waals surface area contributed by atoms with Gasteiger partial charge in [0.15, 0.2) is 17.7 Å².